The molecule has 0 N–H and O–H groups in total. The first-order valence-electron chi connectivity index (χ1n) is 26.7. The van der Waals surface area contributed by atoms with E-state index in [9.17, 15) is 0 Å². The highest BCUT2D eigenvalue weighted by atomic mass is 19.4. The molecule has 1 spiro atoms. The molecule has 2 aliphatic rings. The topological polar surface area (TPSA) is 61.7 Å². The third-order valence-electron chi connectivity index (χ3n) is 16.8. The van der Waals surface area contributed by atoms with Gasteiger partial charge in [0.2, 0.25) is 0 Å². The maximum absolute atomic E-state index is 17.3. The highest BCUT2D eigenvalue weighted by Crippen LogP contribution is 2.67. The van der Waals surface area contributed by atoms with Gasteiger partial charge in [0.1, 0.15) is 11.3 Å². The molecule has 0 saturated heterocycles. The third-order valence-corrected chi connectivity index (χ3v) is 16.8. The molecule has 0 bridgehead atoms. The van der Waals surface area contributed by atoms with Crippen molar-refractivity contribution in [3.05, 3.63) is 270 Å². The molecule has 6 nitrogen and oxygen atoms in total. The fourth-order valence-corrected chi connectivity index (χ4v) is 13.8. The summed E-state index contributed by atoms with van der Waals surface area (Å²) >= 11 is 0. The van der Waals surface area contributed by atoms with E-state index in [0.717, 1.165) is 82.8 Å². The highest BCUT2D eigenvalue weighted by Gasteiger charge is 2.54. The lowest BCUT2D eigenvalue weighted by molar-refractivity contribution is -0.137. The monoisotopic (exact) mass is 1040 g/mol. The molecule has 4 heterocycles. The Bertz CT molecular complexity index is 5010. The van der Waals surface area contributed by atoms with Crippen LogP contribution >= 0.6 is 0 Å². The van der Waals surface area contributed by atoms with Gasteiger partial charge in [-0.3, -0.25) is 0 Å². The molecular weight excluding hydrogens is 996 g/mol. The molecule has 0 radical (unpaired) electrons. The predicted molar refractivity (Wildman–Crippen MR) is 313 cm³/mol. The quantitative estimate of drug-likeness (QED) is 0.172. The molecule has 0 amide bonds. The molecule has 15 aromatic rings. The molecule has 0 saturated carbocycles. The summed E-state index contributed by atoms with van der Waals surface area (Å²) in [6.07, 6.45) is -4.94. The minimum absolute atomic E-state index is 0.0524. The molecule has 2 aliphatic carbocycles. The van der Waals surface area contributed by atoms with Crippen LogP contribution in [0.5, 0.6) is 0 Å². The smallest absolute Gasteiger partial charge is 0.418 e. The average molecular weight is 1040 g/mol. The number of para-hydroxylation sites is 4. The van der Waals surface area contributed by atoms with Crippen LogP contribution in [0.2, 0.25) is 0 Å². The summed E-state index contributed by atoms with van der Waals surface area (Å²) in [7, 11) is 0. The summed E-state index contributed by atoms with van der Waals surface area (Å²) in [5.41, 5.74) is 12.8. The Kier molecular flexibility index (Phi) is 9.13. The van der Waals surface area contributed by atoms with Crippen LogP contribution in [0.15, 0.2) is 247 Å². The molecule has 0 aliphatic heterocycles. The molecule has 0 fully saturated rings. The SMILES string of the molecule is FC(F)(F)c1cc(-c2nc(-c3ccccc3)nc(-c3ccccc3)n2)c2c(oc3ccccc32)c1-n1c2ccccc2c2c3c(c4c(c5ccccc5n4-c4ccccc4)c21)-c1ccccc1C31c2ccccc2-c2ccccc21. The molecule has 4 aromatic heterocycles. The summed E-state index contributed by atoms with van der Waals surface area (Å²) in [6, 6.07) is 80.2. The third kappa shape index (κ3) is 5.90. The van der Waals surface area contributed by atoms with Crippen molar-refractivity contribution in [3.63, 3.8) is 0 Å². The minimum atomic E-state index is -4.94. The van der Waals surface area contributed by atoms with E-state index in [1.54, 1.807) is 0 Å². The number of aromatic nitrogens is 5. The van der Waals surface area contributed by atoms with Gasteiger partial charge in [-0.05, 0) is 75.3 Å². The van der Waals surface area contributed by atoms with Gasteiger partial charge in [-0.25, -0.2) is 15.0 Å². The van der Waals surface area contributed by atoms with E-state index < -0.39 is 17.2 Å². The average Bonchev–Trinajstić information content (AvgIpc) is 2.07. The van der Waals surface area contributed by atoms with Crippen LogP contribution in [0.1, 0.15) is 27.8 Å². The van der Waals surface area contributed by atoms with E-state index in [2.05, 4.69) is 108 Å². The Balaban J connectivity index is 1.12. The van der Waals surface area contributed by atoms with Crippen LogP contribution < -0.4 is 0 Å². The van der Waals surface area contributed by atoms with Gasteiger partial charge in [-0.1, -0.05) is 206 Å². The van der Waals surface area contributed by atoms with E-state index >= 15 is 13.2 Å². The maximum atomic E-state index is 17.3. The summed E-state index contributed by atoms with van der Waals surface area (Å²) in [5, 5.41) is 4.46. The van der Waals surface area contributed by atoms with E-state index in [0.29, 0.717) is 50.2 Å². The fourth-order valence-electron chi connectivity index (χ4n) is 13.8. The van der Waals surface area contributed by atoms with Gasteiger partial charge < -0.3 is 13.6 Å². The summed E-state index contributed by atoms with van der Waals surface area (Å²) in [4.78, 5) is 15.0. The first kappa shape index (κ1) is 44.7. The standard InChI is InChI=1S/C71H40F3N5O/c72-71(73,74)54-40-50(69-76-67(41-22-4-1-5-23-41)75-68(77-69)42-24-6-2-7-25-42)58-49-33-15-21-39-57(49)80-66(58)63(54)79-56-38-20-13-31-47(56)60-62-59(64-61(65(60)79)48-32-14-19-37-55(48)78(64)43-26-8-3-9-27-43)46-30-12-18-36-53(46)70(62)51-34-16-10-28-44(51)45-29-11-17-35-52(45)70/h1-40H. The maximum Gasteiger partial charge on any atom is 0.418 e. The number of halogens is 3. The number of rotatable bonds is 5. The van der Waals surface area contributed by atoms with Crippen molar-refractivity contribution in [2.75, 3.05) is 0 Å². The first-order chi connectivity index (χ1) is 39.4. The van der Waals surface area contributed by atoms with Crippen molar-refractivity contribution in [3.8, 4) is 67.8 Å². The van der Waals surface area contributed by atoms with Crippen LogP contribution in [0.25, 0.3) is 133 Å². The number of furan rings is 1. The van der Waals surface area contributed by atoms with E-state index in [1.807, 2.05) is 138 Å². The zero-order valence-corrected chi connectivity index (χ0v) is 42.4. The van der Waals surface area contributed by atoms with Gasteiger partial charge in [0.25, 0.3) is 0 Å². The van der Waals surface area contributed by atoms with Gasteiger partial charge in [-0.2, -0.15) is 13.2 Å². The lowest BCUT2D eigenvalue weighted by Gasteiger charge is -2.31. The number of hydrogen-bond donors (Lipinski definition) is 0. The van der Waals surface area contributed by atoms with Crippen molar-refractivity contribution in [1.29, 1.82) is 0 Å². The second kappa shape index (κ2) is 16.3. The van der Waals surface area contributed by atoms with Crippen LogP contribution in [0.3, 0.4) is 0 Å². The molecule has 17 rings (SSSR count). The Labute approximate surface area is 454 Å². The molecule has 0 atom stereocenters. The van der Waals surface area contributed by atoms with Crippen molar-refractivity contribution in [2.24, 2.45) is 0 Å². The zero-order chi connectivity index (χ0) is 53.0. The Hall–Kier alpha value is -10.4. The van der Waals surface area contributed by atoms with Gasteiger partial charge >= 0.3 is 6.18 Å². The highest BCUT2D eigenvalue weighted by molar-refractivity contribution is 6.33. The molecule has 11 aromatic carbocycles. The Morgan fingerprint density at radius 3 is 1.49 bits per heavy atom. The van der Waals surface area contributed by atoms with Crippen LogP contribution in [0.4, 0.5) is 13.2 Å². The first-order valence-corrected chi connectivity index (χ1v) is 26.7. The van der Waals surface area contributed by atoms with Gasteiger partial charge in [-0.15, -0.1) is 0 Å². The van der Waals surface area contributed by atoms with Crippen molar-refractivity contribution in [2.45, 2.75) is 11.6 Å². The lowest BCUT2D eigenvalue weighted by Crippen LogP contribution is -2.26. The zero-order valence-electron chi connectivity index (χ0n) is 42.4. The van der Waals surface area contributed by atoms with Crippen LogP contribution in [-0.4, -0.2) is 24.1 Å². The second-order valence-electron chi connectivity index (χ2n) is 20.8. The largest absolute Gasteiger partial charge is 0.454 e. The van der Waals surface area contributed by atoms with Crippen LogP contribution in [-0.2, 0) is 11.6 Å². The summed E-state index contributed by atoms with van der Waals surface area (Å²) < 4.78 is 63.0. The molecule has 0 unspecified atom stereocenters. The van der Waals surface area contributed by atoms with Crippen molar-refractivity contribution >= 4 is 65.6 Å². The fraction of sp³-hybridized carbons (Fsp3) is 0.0282. The van der Waals surface area contributed by atoms with E-state index in [1.165, 1.54) is 6.07 Å². The molecule has 9 heteroatoms. The van der Waals surface area contributed by atoms with Crippen molar-refractivity contribution < 1.29 is 17.6 Å². The van der Waals surface area contributed by atoms with E-state index in [4.69, 9.17) is 19.4 Å². The van der Waals surface area contributed by atoms with Gasteiger partial charge in [0.15, 0.2) is 23.1 Å². The summed E-state index contributed by atoms with van der Waals surface area (Å²) in [6.45, 7) is 0. The lowest BCUT2D eigenvalue weighted by atomic mass is 9.69. The number of benzene rings is 11. The van der Waals surface area contributed by atoms with E-state index in [-0.39, 0.29) is 22.7 Å². The van der Waals surface area contributed by atoms with Crippen LogP contribution in [0, 0.1) is 0 Å². The molecular formula is C71H40F3N5O. The molecule has 80 heavy (non-hydrogen) atoms. The molecule has 376 valence electrons. The number of alkyl halides is 3. The normalized spacial score (nSPS) is 13.3. The Morgan fingerprint density at radius 1 is 0.400 bits per heavy atom. The van der Waals surface area contributed by atoms with Gasteiger partial charge in [0.05, 0.1) is 33.0 Å². The summed E-state index contributed by atoms with van der Waals surface area (Å²) in [5.74, 6) is 0.732. The number of hydrogen-bond acceptors (Lipinski definition) is 4. The minimum Gasteiger partial charge on any atom is -0.454 e. The Morgan fingerprint density at radius 2 is 0.875 bits per heavy atom. The van der Waals surface area contributed by atoms with Crippen molar-refractivity contribution in [1.82, 2.24) is 24.1 Å². The van der Waals surface area contributed by atoms with Gasteiger partial charge in [0, 0.05) is 60.3 Å². The number of fused-ring (bicyclic) bond motifs is 22. The number of nitrogens with zero attached hydrogens (tertiary/aromatic N) is 5. The predicted octanol–water partition coefficient (Wildman–Crippen LogP) is 18.3. The second-order valence-corrected chi connectivity index (χ2v) is 20.8.